The molecule has 1 amide bonds. The van der Waals surface area contributed by atoms with Crippen molar-refractivity contribution in [2.75, 3.05) is 6.54 Å². The lowest BCUT2D eigenvalue weighted by Crippen LogP contribution is -2.30. The highest BCUT2D eigenvalue weighted by atomic mass is 19.4. The van der Waals surface area contributed by atoms with Crippen LogP contribution < -0.4 is 5.32 Å². The number of nitrogens with zero attached hydrogens (tertiary/aromatic N) is 4. The zero-order valence-electron chi connectivity index (χ0n) is 15.2. The van der Waals surface area contributed by atoms with Crippen LogP contribution in [0.2, 0.25) is 0 Å². The average Bonchev–Trinajstić information content (AvgIpc) is 3.28. The SMILES string of the molecule is Cc1ccn(CC(C)CNC(=O)c2nc(-c3ccc(C(F)(F)F)cc3)no2)n1. The summed E-state index contributed by atoms with van der Waals surface area (Å²) in [4.78, 5) is 16.1. The van der Waals surface area contributed by atoms with Crippen LogP contribution >= 0.6 is 0 Å². The van der Waals surface area contributed by atoms with Crippen molar-refractivity contribution in [3.63, 3.8) is 0 Å². The summed E-state index contributed by atoms with van der Waals surface area (Å²) in [6.07, 6.45) is -2.56. The van der Waals surface area contributed by atoms with Gasteiger partial charge in [0.1, 0.15) is 0 Å². The molecule has 0 aliphatic rings. The van der Waals surface area contributed by atoms with Crippen LogP contribution in [0.4, 0.5) is 13.2 Å². The highest BCUT2D eigenvalue weighted by Gasteiger charge is 2.30. The molecule has 1 aromatic carbocycles. The first-order chi connectivity index (χ1) is 13.2. The summed E-state index contributed by atoms with van der Waals surface area (Å²) in [6, 6.07) is 6.19. The molecule has 0 saturated carbocycles. The summed E-state index contributed by atoms with van der Waals surface area (Å²) >= 11 is 0. The van der Waals surface area contributed by atoms with E-state index in [1.807, 2.05) is 26.1 Å². The third-order valence-corrected chi connectivity index (χ3v) is 3.97. The van der Waals surface area contributed by atoms with Gasteiger partial charge in [0.25, 0.3) is 0 Å². The van der Waals surface area contributed by atoms with Gasteiger partial charge in [-0.25, -0.2) is 0 Å². The van der Waals surface area contributed by atoms with Gasteiger partial charge in [-0.05, 0) is 31.0 Å². The van der Waals surface area contributed by atoms with Crippen LogP contribution in [0, 0.1) is 12.8 Å². The van der Waals surface area contributed by atoms with Gasteiger partial charge in [0, 0.05) is 24.8 Å². The van der Waals surface area contributed by atoms with Crippen LogP contribution in [0.1, 0.15) is 28.9 Å². The lowest BCUT2D eigenvalue weighted by atomic mass is 10.1. The van der Waals surface area contributed by atoms with E-state index < -0.39 is 17.6 Å². The van der Waals surface area contributed by atoms with Gasteiger partial charge in [0.2, 0.25) is 5.82 Å². The molecule has 0 bridgehead atoms. The van der Waals surface area contributed by atoms with Crippen molar-refractivity contribution in [2.24, 2.45) is 5.92 Å². The molecule has 1 N–H and O–H groups in total. The van der Waals surface area contributed by atoms with Crippen LogP contribution in [-0.2, 0) is 12.7 Å². The van der Waals surface area contributed by atoms with Gasteiger partial charge >= 0.3 is 18.0 Å². The van der Waals surface area contributed by atoms with Crippen molar-refractivity contribution in [3.8, 4) is 11.4 Å². The minimum Gasteiger partial charge on any atom is -0.347 e. The van der Waals surface area contributed by atoms with Gasteiger partial charge in [-0.2, -0.15) is 23.3 Å². The van der Waals surface area contributed by atoms with E-state index >= 15 is 0 Å². The first-order valence-corrected chi connectivity index (χ1v) is 8.52. The predicted molar refractivity (Wildman–Crippen MR) is 93.2 cm³/mol. The van der Waals surface area contributed by atoms with Crippen molar-refractivity contribution in [3.05, 3.63) is 53.7 Å². The number of benzene rings is 1. The van der Waals surface area contributed by atoms with Gasteiger partial charge in [-0.1, -0.05) is 24.2 Å². The number of carbonyl (C=O) groups is 1. The van der Waals surface area contributed by atoms with Crippen molar-refractivity contribution in [1.29, 1.82) is 0 Å². The second-order valence-corrected chi connectivity index (χ2v) is 6.49. The number of hydrogen-bond acceptors (Lipinski definition) is 5. The summed E-state index contributed by atoms with van der Waals surface area (Å²) in [5, 5.41) is 10.6. The van der Waals surface area contributed by atoms with E-state index in [-0.39, 0.29) is 17.6 Å². The second-order valence-electron chi connectivity index (χ2n) is 6.49. The van der Waals surface area contributed by atoms with E-state index in [1.165, 1.54) is 12.1 Å². The van der Waals surface area contributed by atoms with Crippen molar-refractivity contribution in [2.45, 2.75) is 26.6 Å². The minimum absolute atomic E-state index is 0.0407. The third kappa shape index (κ3) is 4.76. The van der Waals surface area contributed by atoms with Crippen LogP contribution in [0.25, 0.3) is 11.4 Å². The van der Waals surface area contributed by atoms with Gasteiger partial charge < -0.3 is 9.84 Å². The Hall–Kier alpha value is -3.17. The summed E-state index contributed by atoms with van der Waals surface area (Å²) in [5.74, 6) is -0.648. The number of aryl methyl sites for hydroxylation is 1. The Morgan fingerprint density at radius 3 is 2.57 bits per heavy atom. The third-order valence-electron chi connectivity index (χ3n) is 3.97. The first kappa shape index (κ1) is 19.6. The number of carbonyl (C=O) groups excluding carboxylic acids is 1. The monoisotopic (exact) mass is 393 g/mol. The molecule has 148 valence electrons. The fourth-order valence-electron chi connectivity index (χ4n) is 2.53. The Labute approximate surface area is 158 Å². The van der Waals surface area contributed by atoms with E-state index in [9.17, 15) is 18.0 Å². The molecule has 0 spiro atoms. The maximum Gasteiger partial charge on any atom is 0.416 e. The Morgan fingerprint density at radius 1 is 1.25 bits per heavy atom. The molecule has 0 fully saturated rings. The number of alkyl halides is 3. The van der Waals surface area contributed by atoms with Gasteiger partial charge in [-0.3, -0.25) is 9.48 Å². The Balaban J connectivity index is 1.57. The Bertz CT molecular complexity index is 947. The summed E-state index contributed by atoms with van der Waals surface area (Å²) in [7, 11) is 0. The maximum atomic E-state index is 12.6. The average molecular weight is 393 g/mol. The van der Waals surface area contributed by atoms with Crippen LogP contribution in [0.5, 0.6) is 0 Å². The molecular formula is C18H18F3N5O2. The number of hydrogen-bond donors (Lipinski definition) is 1. The minimum atomic E-state index is -4.42. The molecular weight excluding hydrogens is 375 g/mol. The van der Waals surface area contributed by atoms with Crippen molar-refractivity contribution < 1.29 is 22.5 Å². The molecule has 0 saturated heterocycles. The molecule has 2 aromatic heterocycles. The number of rotatable bonds is 6. The number of halogens is 3. The van der Waals surface area contributed by atoms with Gasteiger partial charge in [0.15, 0.2) is 0 Å². The lowest BCUT2D eigenvalue weighted by Gasteiger charge is -2.11. The highest BCUT2D eigenvalue weighted by molar-refractivity contribution is 5.89. The summed E-state index contributed by atoms with van der Waals surface area (Å²) in [5.41, 5.74) is 0.454. The zero-order valence-corrected chi connectivity index (χ0v) is 15.2. The standard InChI is InChI=1S/C18H18F3N5O2/c1-11(10-26-8-7-12(2)24-26)9-22-16(27)17-23-15(25-28-17)13-3-5-14(6-4-13)18(19,20)21/h3-8,11H,9-10H2,1-2H3,(H,22,27). The lowest BCUT2D eigenvalue weighted by molar-refractivity contribution is -0.137. The first-order valence-electron chi connectivity index (χ1n) is 8.52. The van der Waals surface area contributed by atoms with Crippen LogP contribution in [-0.4, -0.2) is 32.4 Å². The molecule has 10 heteroatoms. The van der Waals surface area contributed by atoms with Crippen LogP contribution in [0.3, 0.4) is 0 Å². The predicted octanol–water partition coefficient (Wildman–Crippen LogP) is 3.33. The molecule has 28 heavy (non-hydrogen) atoms. The number of aromatic nitrogens is 4. The van der Waals surface area contributed by atoms with E-state index in [4.69, 9.17) is 4.52 Å². The van der Waals surface area contributed by atoms with Crippen LogP contribution in [0.15, 0.2) is 41.1 Å². The molecule has 3 aromatic rings. The zero-order chi connectivity index (χ0) is 20.3. The quantitative estimate of drug-likeness (QED) is 0.694. The number of nitrogens with one attached hydrogen (secondary N) is 1. The summed E-state index contributed by atoms with van der Waals surface area (Å²) in [6.45, 7) is 4.86. The normalized spacial score (nSPS) is 12.8. The molecule has 7 nitrogen and oxygen atoms in total. The fourth-order valence-corrected chi connectivity index (χ4v) is 2.53. The Kier molecular flexibility index (Phi) is 5.48. The van der Waals surface area contributed by atoms with Gasteiger partial charge in [0.05, 0.1) is 11.3 Å². The fraction of sp³-hybridized carbons (Fsp3) is 0.333. The van der Waals surface area contributed by atoms with Crippen molar-refractivity contribution in [1.82, 2.24) is 25.2 Å². The Morgan fingerprint density at radius 2 is 1.96 bits per heavy atom. The molecule has 0 aliphatic carbocycles. The smallest absolute Gasteiger partial charge is 0.347 e. The molecule has 2 heterocycles. The highest BCUT2D eigenvalue weighted by Crippen LogP contribution is 2.30. The van der Waals surface area contributed by atoms with E-state index in [1.54, 1.807) is 4.68 Å². The second kappa shape index (κ2) is 7.83. The molecule has 1 unspecified atom stereocenters. The largest absolute Gasteiger partial charge is 0.416 e. The van der Waals surface area contributed by atoms with E-state index in [0.717, 1.165) is 17.8 Å². The van der Waals surface area contributed by atoms with E-state index in [0.29, 0.717) is 18.7 Å². The molecule has 3 rings (SSSR count). The topological polar surface area (TPSA) is 85.8 Å². The number of amides is 1. The van der Waals surface area contributed by atoms with Crippen molar-refractivity contribution >= 4 is 5.91 Å². The maximum absolute atomic E-state index is 12.6. The summed E-state index contributed by atoms with van der Waals surface area (Å²) < 4.78 is 44.6. The van der Waals surface area contributed by atoms with Gasteiger partial charge in [-0.15, -0.1) is 0 Å². The molecule has 1 atom stereocenters. The molecule has 0 aliphatic heterocycles. The molecule has 0 radical (unpaired) electrons. The van der Waals surface area contributed by atoms with E-state index in [2.05, 4.69) is 20.6 Å².